The van der Waals surface area contributed by atoms with Crippen molar-refractivity contribution in [3.05, 3.63) is 35.1 Å². The van der Waals surface area contributed by atoms with E-state index in [4.69, 9.17) is 14.2 Å². The Balaban J connectivity index is 1.75. The molecule has 0 saturated carbocycles. The number of hydrogen-bond acceptors (Lipinski definition) is 6. The first-order valence-corrected chi connectivity index (χ1v) is 11.4. The third-order valence-electron chi connectivity index (χ3n) is 5.81. The van der Waals surface area contributed by atoms with Gasteiger partial charge in [0.1, 0.15) is 11.3 Å². The van der Waals surface area contributed by atoms with Gasteiger partial charge in [-0.1, -0.05) is 19.8 Å². The van der Waals surface area contributed by atoms with Gasteiger partial charge in [0.15, 0.2) is 6.10 Å². The molecule has 1 saturated heterocycles. The van der Waals surface area contributed by atoms with Crippen molar-refractivity contribution in [2.24, 2.45) is 10.9 Å². The van der Waals surface area contributed by atoms with Crippen LogP contribution in [-0.4, -0.2) is 67.9 Å². The van der Waals surface area contributed by atoms with Crippen LogP contribution >= 0.6 is 0 Å². The van der Waals surface area contributed by atoms with Crippen LogP contribution in [0.4, 0.5) is 0 Å². The zero-order valence-electron chi connectivity index (χ0n) is 19.1. The summed E-state index contributed by atoms with van der Waals surface area (Å²) in [5.41, 5.74) is 1.13. The lowest BCUT2D eigenvalue weighted by atomic mass is 9.92. The SMILES string of the molecule is CCCCCOC1C(OC)=CC=C2C=C(C(=O)N3CCCC(C(=O)OCC)C3)C(=O)N=C21. The van der Waals surface area contributed by atoms with Crippen molar-refractivity contribution in [3.8, 4) is 0 Å². The molecule has 2 atom stereocenters. The molecule has 32 heavy (non-hydrogen) atoms. The molecule has 0 aromatic carbocycles. The Hall–Kier alpha value is -2.74. The van der Waals surface area contributed by atoms with Crippen LogP contribution in [0.5, 0.6) is 0 Å². The Kier molecular flexibility index (Phi) is 8.39. The molecule has 174 valence electrons. The number of rotatable bonds is 9. The number of likely N-dealkylation sites (tertiary alicyclic amines) is 1. The van der Waals surface area contributed by atoms with Gasteiger partial charge < -0.3 is 19.1 Å². The van der Waals surface area contributed by atoms with E-state index in [0.29, 0.717) is 49.6 Å². The number of aliphatic imine (C=N–C) groups is 1. The summed E-state index contributed by atoms with van der Waals surface area (Å²) in [6, 6.07) is 0. The first-order valence-electron chi connectivity index (χ1n) is 11.4. The standard InChI is InChI=1S/C24H32N2O6/c1-4-6-7-13-32-21-19(30-3)11-10-16-14-18(22(27)25-20(16)21)23(28)26-12-8-9-17(15-26)24(29)31-5-2/h10-11,14,17,21H,4-9,12-13,15H2,1-3H3. The van der Waals surface area contributed by atoms with Gasteiger partial charge in [0, 0.05) is 25.3 Å². The number of dihydropyridines is 1. The van der Waals surface area contributed by atoms with Crippen LogP contribution in [0.3, 0.4) is 0 Å². The quantitative estimate of drug-likeness (QED) is 0.308. The Morgan fingerprint density at radius 2 is 2.03 bits per heavy atom. The molecular weight excluding hydrogens is 412 g/mol. The summed E-state index contributed by atoms with van der Waals surface area (Å²) >= 11 is 0. The predicted molar refractivity (Wildman–Crippen MR) is 119 cm³/mol. The second kappa shape index (κ2) is 11.2. The molecule has 2 unspecified atom stereocenters. The van der Waals surface area contributed by atoms with Gasteiger partial charge in [-0.2, -0.15) is 0 Å². The number of carbonyl (C=O) groups excluding carboxylic acids is 3. The lowest BCUT2D eigenvalue weighted by Crippen LogP contribution is -2.45. The average Bonchev–Trinajstić information content (AvgIpc) is 2.81. The van der Waals surface area contributed by atoms with Gasteiger partial charge in [-0.05, 0) is 44.4 Å². The molecule has 2 aliphatic heterocycles. The number of methoxy groups -OCH3 is 1. The van der Waals surface area contributed by atoms with E-state index >= 15 is 0 Å². The van der Waals surface area contributed by atoms with Gasteiger partial charge in [0.05, 0.1) is 25.3 Å². The van der Waals surface area contributed by atoms with E-state index in [0.717, 1.165) is 19.3 Å². The largest absolute Gasteiger partial charge is 0.498 e. The Labute approximate surface area is 189 Å². The molecule has 0 bridgehead atoms. The molecule has 0 spiro atoms. The highest BCUT2D eigenvalue weighted by molar-refractivity contribution is 6.27. The average molecular weight is 445 g/mol. The molecule has 0 aromatic heterocycles. The van der Waals surface area contributed by atoms with Crippen LogP contribution in [0.2, 0.25) is 0 Å². The lowest BCUT2D eigenvalue weighted by molar-refractivity contribution is -0.150. The zero-order chi connectivity index (χ0) is 23.1. The van der Waals surface area contributed by atoms with E-state index < -0.39 is 17.9 Å². The van der Waals surface area contributed by atoms with Crippen LogP contribution in [0.25, 0.3) is 0 Å². The number of fused-ring (bicyclic) bond motifs is 1. The first-order chi connectivity index (χ1) is 15.5. The van der Waals surface area contributed by atoms with Crippen molar-refractivity contribution in [3.63, 3.8) is 0 Å². The van der Waals surface area contributed by atoms with Crippen LogP contribution in [-0.2, 0) is 28.6 Å². The summed E-state index contributed by atoms with van der Waals surface area (Å²) in [5.74, 6) is -1.10. The molecule has 0 radical (unpaired) electrons. The van der Waals surface area contributed by atoms with Gasteiger partial charge in [0.2, 0.25) is 0 Å². The van der Waals surface area contributed by atoms with Crippen molar-refractivity contribution in [2.75, 3.05) is 33.4 Å². The number of amides is 2. The van der Waals surface area contributed by atoms with E-state index in [1.807, 2.05) is 0 Å². The Morgan fingerprint density at radius 1 is 1.22 bits per heavy atom. The number of piperidine rings is 1. The summed E-state index contributed by atoms with van der Waals surface area (Å²) in [5, 5.41) is 0. The number of unbranched alkanes of at least 4 members (excludes halogenated alkanes) is 2. The maximum Gasteiger partial charge on any atom is 0.310 e. The number of esters is 1. The fraction of sp³-hybridized carbons (Fsp3) is 0.583. The summed E-state index contributed by atoms with van der Waals surface area (Å²) in [4.78, 5) is 43.8. The van der Waals surface area contributed by atoms with Crippen LogP contribution < -0.4 is 0 Å². The molecule has 2 heterocycles. The summed E-state index contributed by atoms with van der Waals surface area (Å²) in [6.45, 7) is 5.44. The molecular formula is C24H32N2O6. The minimum Gasteiger partial charge on any atom is -0.498 e. The fourth-order valence-corrected chi connectivity index (χ4v) is 4.09. The number of allylic oxidation sites excluding steroid dienone is 3. The monoisotopic (exact) mass is 444 g/mol. The van der Waals surface area contributed by atoms with Gasteiger partial charge in [0.25, 0.3) is 11.8 Å². The molecule has 3 aliphatic rings. The van der Waals surface area contributed by atoms with Crippen molar-refractivity contribution in [1.82, 2.24) is 4.90 Å². The van der Waals surface area contributed by atoms with Crippen LogP contribution in [0.15, 0.2) is 40.1 Å². The number of ether oxygens (including phenoxy) is 3. The number of hydrogen-bond donors (Lipinski definition) is 0. The van der Waals surface area contributed by atoms with Crippen LogP contribution in [0.1, 0.15) is 46.0 Å². The van der Waals surface area contributed by atoms with Crippen molar-refractivity contribution >= 4 is 23.5 Å². The topological polar surface area (TPSA) is 94.5 Å². The molecule has 8 heteroatoms. The first kappa shape index (κ1) is 23.9. The summed E-state index contributed by atoms with van der Waals surface area (Å²) in [6.07, 6.45) is 8.95. The zero-order valence-corrected chi connectivity index (χ0v) is 19.1. The highest BCUT2D eigenvalue weighted by atomic mass is 16.5. The van der Waals surface area contributed by atoms with E-state index in [9.17, 15) is 14.4 Å². The van der Waals surface area contributed by atoms with Crippen molar-refractivity contribution in [1.29, 1.82) is 0 Å². The molecule has 3 rings (SSSR count). The summed E-state index contributed by atoms with van der Waals surface area (Å²) in [7, 11) is 1.55. The van der Waals surface area contributed by atoms with E-state index in [1.54, 1.807) is 37.2 Å². The normalized spacial score (nSPS) is 22.8. The third kappa shape index (κ3) is 5.35. The minimum atomic E-state index is -0.597. The smallest absolute Gasteiger partial charge is 0.310 e. The maximum atomic E-state index is 13.1. The molecule has 1 fully saturated rings. The molecule has 0 aromatic rings. The third-order valence-corrected chi connectivity index (χ3v) is 5.81. The van der Waals surface area contributed by atoms with E-state index in [1.165, 1.54) is 0 Å². The predicted octanol–water partition coefficient (Wildman–Crippen LogP) is 2.74. The van der Waals surface area contributed by atoms with Crippen LogP contribution in [0, 0.1) is 5.92 Å². The summed E-state index contributed by atoms with van der Waals surface area (Å²) < 4.78 is 16.5. The fourth-order valence-electron chi connectivity index (χ4n) is 4.09. The van der Waals surface area contributed by atoms with Gasteiger partial charge in [-0.15, -0.1) is 0 Å². The van der Waals surface area contributed by atoms with Gasteiger partial charge in [-0.3, -0.25) is 14.4 Å². The second-order valence-corrected chi connectivity index (χ2v) is 8.06. The van der Waals surface area contributed by atoms with Gasteiger partial charge in [-0.25, -0.2) is 4.99 Å². The maximum absolute atomic E-state index is 13.1. The Morgan fingerprint density at radius 3 is 2.75 bits per heavy atom. The van der Waals surface area contributed by atoms with Crippen molar-refractivity contribution in [2.45, 2.75) is 52.1 Å². The number of nitrogens with zero attached hydrogens (tertiary/aromatic N) is 2. The molecule has 1 aliphatic carbocycles. The second-order valence-electron chi connectivity index (χ2n) is 8.06. The molecule has 0 N–H and O–H groups in total. The Bertz CT molecular complexity index is 870. The number of carbonyl (C=O) groups is 3. The molecule has 8 nitrogen and oxygen atoms in total. The van der Waals surface area contributed by atoms with Crippen molar-refractivity contribution < 1.29 is 28.6 Å². The van der Waals surface area contributed by atoms with E-state index in [-0.39, 0.29) is 24.0 Å². The van der Waals surface area contributed by atoms with Gasteiger partial charge >= 0.3 is 5.97 Å². The van der Waals surface area contributed by atoms with E-state index in [2.05, 4.69) is 11.9 Å². The highest BCUT2D eigenvalue weighted by Gasteiger charge is 2.37. The lowest BCUT2D eigenvalue weighted by Gasteiger charge is -2.32. The molecule has 2 amide bonds. The highest BCUT2D eigenvalue weighted by Crippen LogP contribution is 2.28. The minimum absolute atomic E-state index is 0.00325.